The van der Waals surface area contributed by atoms with Crippen LogP contribution in [0.4, 0.5) is 0 Å². The largest absolute Gasteiger partial charge is 0.457 e. The van der Waals surface area contributed by atoms with Crippen LogP contribution in [0.3, 0.4) is 0 Å². The normalized spacial score (nSPS) is 11.9. The number of benzene rings is 3. The number of aryl methyl sites for hydroxylation is 1. The zero-order chi connectivity index (χ0) is 23.8. The maximum Gasteiger partial charge on any atom is 0.220 e. The molecule has 0 aliphatic carbocycles. The molecule has 5 nitrogen and oxygen atoms in total. The second kappa shape index (κ2) is 11.5. The van der Waals surface area contributed by atoms with E-state index in [9.17, 15) is 4.79 Å². The number of fused-ring (bicyclic) bond motifs is 1. The number of rotatable bonds is 11. The predicted octanol–water partition coefficient (Wildman–Crippen LogP) is 6.20. The molecular formula is C29H32N2O3. The second-order valence-electron chi connectivity index (χ2n) is 8.38. The van der Waals surface area contributed by atoms with Gasteiger partial charge in [0.1, 0.15) is 11.5 Å². The standard InChI is InChI=1S/C29H32N2O3/c1-3-21-10-8-15-25-27(20-31-29(21)25)26(19-28(32)30-16-9-17-33-2)22-11-7-14-24(18-22)34-23-12-5-4-6-13-23/h4-8,10-15,18,20,26,31H,3,9,16-17,19H2,1-2H3,(H,30,32). The summed E-state index contributed by atoms with van der Waals surface area (Å²) in [7, 11) is 1.67. The van der Waals surface area contributed by atoms with E-state index in [4.69, 9.17) is 9.47 Å². The molecule has 2 N–H and O–H groups in total. The summed E-state index contributed by atoms with van der Waals surface area (Å²) in [6.07, 6.45) is 4.14. The van der Waals surface area contributed by atoms with Gasteiger partial charge < -0.3 is 19.8 Å². The van der Waals surface area contributed by atoms with Gasteiger partial charge >= 0.3 is 0 Å². The first-order chi connectivity index (χ1) is 16.7. The minimum Gasteiger partial charge on any atom is -0.457 e. The summed E-state index contributed by atoms with van der Waals surface area (Å²) in [6.45, 7) is 3.39. The maximum atomic E-state index is 12.9. The molecule has 1 atom stereocenters. The third-order valence-electron chi connectivity index (χ3n) is 6.07. The highest BCUT2D eigenvalue weighted by atomic mass is 16.5. The number of hydrogen-bond donors (Lipinski definition) is 2. The summed E-state index contributed by atoms with van der Waals surface area (Å²) in [4.78, 5) is 16.4. The lowest BCUT2D eigenvalue weighted by Crippen LogP contribution is -2.27. The Morgan fingerprint density at radius 2 is 1.79 bits per heavy atom. The number of carbonyl (C=O) groups excluding carboxylic acids is 1. The predicted molar refractivity (Wildman–Crippen MR) is 137 cm³/mol. The summed E-state index contributed by atoms with van der Waals surface area (Å²) >= 11 is 0. The number of hydrogen-bond acceptors (Lipinski definition) is 3. The van der Waals surface area contributed by atoms with Gasteiger partial charge in [0.15, 0.2) is 0 Å². The van der Waals surface area contributed by atoms with Crippen LogP contribution in [-0.4, -0.2) is 31.2 Å². The first-order valence-electron chi connectivity index (χ1n) is 11.9. The zero-order valence-electron chi connectivity index (χ0n) is 19.8. The molecule has 3 aromatic carbocycles. The third kappa shape index (κ3) is 5.67. The average Bonchev–Trinajstić information content (AvgIpc) is 3.30. The van der Waals surface area contributed by atoms with E-state index < -0.39 is 0 Å². The van der Waals surface area contributed by atoms with Crippen LogP contribution in [0.15, 0.2) is 79.0 Å². The molecular weight excluding hydrogens is 424 g/mol. The summed E-state index contributed by atoms with van der Waals surface area (Å²) in [5, 5.41) is 4.20. The fourth-order valence-corrected chi connectivity index (χ4v) is 4.35. The highest BCUT2D eigenvalue weighted by molar-refractivity contribution is 5.88. The highest BCUT2D eigenvalue weighted by Gasteiger charge is 2.22. The topological polar surface area (TPSA) is 63.4 Å². The Labute approximate surface area is 201 Å². The molecule has 0 fully saturated rings. The quantitative estimate of drug-likeness (QED) is 0.264. The van der Waals surface area contributed by atoms with Crippen LogP contribution < -0.4 is 10.1 Å². The lowest BCUT2D eigenvalue weighted by Gasteiger charge is -2.18. The number of aromatic amines is 1. The Morgan fingerprint density at radius 3 is 2.59 bits per heavy atom. The van der Waals surface area contributed by atoms with Gasteiger partial charge in [-0.1, -0.05) is 55.5 Å². The molecule has 1 amide bonds. The molecule has 1 unspecified atom stereocenters. The summed E-state index contributed by atoms with van der Waals surface area (Å²) in [5.74, 6) is 1.45. The van der Waals surface area contributed by atoms with Gasteiger partial charge in [-0.05, 0) is 53.8 Å². The lowest BCUT2D eigenvalue weighted by atomic mass is 9.87. The van der Waals surface area contributed by atoms with Crippen LogP contribution in [0.1, 0.15) is 42.4 Å². The van der Waals surface area contributed by atoms with Crippen molar-refractivity contribution in [3.8, 4) is 11.5 Å². The number of H-pyrrole nitrogens is 1. The molecule has 4 aromatic rings. The van der Waals surface area contributed by atoms with E-state index in [-0.39, 0.29) is 11.8 Å². The van der Waals surface area contributed by atoms with Crippen LogP contribution in [0, 0.1) is 0 Å². The molecule has 176 valence electrons. The van der Waals surface area contributed by atoms with Crippen LogP contribution in [0.25, 0.3) is 10.9 Å². The fraction of sp³-hybridized carbons (Fsp3) is 0.276. The van der Waals surface area contributed by atoms with E-state index in [1.54, 1.807) is 7.11 Å². The van der Waals surface area contributed by atoms with Gasteiger partial charge in [-0.2, -0.15) is 0 Å². The van der Waals surface area contributed by atoms with E-state index in [0.717, 1.165) is 46.4 Å². The molecule has 0 saturated heterocycles. The Bertz CT molecular complexity index is 1220. The molecule has 5 heteroatoms. The van der Waals surface area contributed by atoms with Gasteiger partial charge in [0.25, 0.3) is 0 Å². The molecule has 0 aliphatic heterocycles. The molecule has 1 aromatic heterocycles. The van der Waals surface area contributed by atoms with Gasteiger partial charge in [-0.25, -0.2) is 0 Å². The Kier molecular flexibility index (Phi) is 7.99. The van der Waals surface area contributed by atoms with Crippen molar-refractivity contribution in [2.24, 2.45) is 0 Å². The van der Waals surface area contributed by atoms with Crippen LogP contribution >= 0.6 is 0 Å². The Hall–Kier alpha value is -3.57. The molecule has 4 rings (SSSR count). The van der Waals surface area contributed by atoms with Gasteiger partial charge in [0.2, 0.25) is 5.91 Å². The first kappa shape index (κ1) is 23.6. The van der Waals surface area contributed by atoms with Gasteiger partial charge in [-0.3, -0.25) is 4.79 Å². The first-order valence-corrected chi connectivity index (χ1v) is 11.9. The minimum absolute atomic E-state index is 0.0245. The number of nitrogens with one attached hydrogen (secondary N) is 2. The monoisotopic (exact) mass is 456 g/mol. The molecule has 0 radical (unpaired) electrons. The van der Waals surface area contributed by atoms with Crippen LogP contribution in [-0.2, 0) is 16.0 Å². The van der Waals surface area contributed by atoms with Gasteiger partial charge in [0.05, 0.1) is 0 Å². The zero-order valence-corrected chi connectivity index (χ0v) is 19.8. The molecule has 34 heavy (non-hydrogen) atoms. The van der Waals surface area contributed by atoms with Crippen molar-refractivity contribution >= 4 is 16.8 Å². The van der Waals surface area contributed by atoms with Crippen molar-refractivity contribution in [3.05, 3.63) is 95.7 Å². The maximum absolute atomic E-state index is 12.9. The van der Waals surface area contributed by atoms with Crippen molar-refractivity contribution in [2.75, 3.05) is 20.3 Å². The third-order valence-corrected chi connectivity index (χ3v) is 6.07. The van der Waals surface area contributed by atoms with E-state index in [0.29, 0.717) is 19.6 Å². The van der Waals surface area contributed by atoms with E-state index in [1.807, 2.05) is 48.5 Å². The van der Waals surface area contributed by atoms with Crippen molar-refractivity contribution in [2.45, 2.75) is 32.1 Å². The van der Waals surface area contributed by atoms with Crippen molar-refractivity contribution < 1.29 is 14.3 Å². The van der Waals surface area contributed by atoms with Crippen molar-refractivity contribution in [3.63, 3.8) is 0 Å². The number of methoxy groups -OCH3 is 1. The fourth-order valence-electron chi connectivity index (χ4n) is 4.35. The van der Waals surface area contributed by atoms with E-state index in [1.165, 1.54) is 5.56 Å². The molecule has 1 heterocycles. The Morgan fingerprint density at radius 1 is 1.00 bits per heavy atom. The van der Waals surface area contributed by atoms with Crippen LogP contribution in [0.5, 0.6) is 11.5 Å². The van der Waals surface area contributed by atoms with Gasteiger partial charge in [0, 0.05) is 49.7 Å². The summed E-state index contributed by atoms with van der Waals surface area (Å²) in [6, 6.07) is 24.2. The SMILES string of the molecule is CCc1cccc2c(C(CC(=O)NCCCOC)c3cccc(Oc4ccccc4)c3)c[nH]c12. The molecule has 0 spiro atoms. The van der Waals surface area contributed by atoms with E-state index >= 15 is 0 Å². The Balaban J connectivity index is 1.66. The summed E-state index contributed by atoms with van der Waals surface area (Å²) < 4.78 is 11.2. The minimum atomic E-state index is -0.109. The number of ether oxygens (including phenoxy) is 2. The van der Waals surface area contributed by atoms with Crippen LogP contribution in [0.2, 0.25) is 0 Å². The van der Waals surface area contributed by atoms with E-state index in [2.05, 4.69) is 47.7 Å². The summed E-state index contributed by atoms with van der Waals surface area (Å²) in [5.41, 5.74) is 4.58. The lowest BCUT2D eigenvalue weighted by molar-refractivity contribution is -0.121. The second-order valence-corrected chi connectivity index (χ2v) is 8.38. The molecule has 0 aliphatic rings. The number of para-hydroxylation sites is 2. The smallest absolute Gasteiger partial charge is 0.220 e. The highest BCUT2D eigenvalue weighted by Crippen LogP contribution is 2.36. The van der Waals surface area contributed by atoms with Crippen molar-refractivity contribution in [1.29, 1.82) is 0 Å². The number of amides is 1. The molecule has 0 bridgehead atoms. The van der Waals surface area contributed by atoms with Crippen molar-refractivity contribution in [1.82, 2.24) is 10.3 Å². The number of carbonyl (C=O) groups is 1. The van der Waals surface area contributed by atoms with Gasteiger partial charge in [-0.15, -0.1) is 0 Å². The number of aromatic nitrogens is 1. The average molecular weight is 457 g/mol. The molecule has 0 saturated carbocycles.